The predicted molar refractivity (Wildman–Crippen MR) is 58.0 cm³/mol. The van der Waals surface area contributed by atoms with Crippen molar-refractivity contribution in [3.8, 4) is 0 Å². The van der Waals surface area contributed by atoms with E-state index >= 15 is 0 Å². The van der Waals surface area contributed by atoms with Crippen molar-refractivity contribution in [3.63, 3.8) is 0 Å². The summed E-state index contributed by atoms with van der Waals surface area (Å²) in [5.74, 6) is 0. The molecule has 0 aliphatic rings. The molecule has 14 heavy (non-hydrogen) atoms. The fraction of sp³-hybridized carbons (Fsp3) is 0.200. The third-order valence-corrected chi connectivity index (χ3v) is 1.67. The van der Waals surface area contributed by atoms with Gasteiger partial charge in [0, 0.05) is 10.6 Å². The maximum absolute atomic E-state index is 8.25. The zero-order valence-electron chi connectivity index (χ0n) is 7.80. The van der Waals surface area contributed by atoms with Gasteiger partial charge >= 0.3 is 0 Å². The molecular weight excluding hydrogens is 176 g/mol. The van der Waals surface area contributed by atoms with E-state index in [9.17, 15) is 0 Å². The Bertz CT molecular complexity index is 364. The van der Waals surface area contributed by atoms with Crippen LogP contribution < -0.4 is 5.73 Å². The van der Waals surface area contributed by atoms with Gasteiger partial charge in [-0.25, -0.2) is 0 Å². The van der Waals surface area contributed by atoms with E-state index < -0.39 is 0 Å². The SMILES string of the molecule is [N-]=[N+]=Nc1cccc(C=CCCN)c1. The van der Waals surface area contributed by atoms with Gasteiger partial charge in [-0.3, -0.25) is 0 Å². The monoisotopic (exact) mass is 188 g/mol. The molecule has 0 bridgehead atoms. The third kappa shape index (κ3) is 3.31. The van der Waals surface area contributed by atoms with Crippen molar-refractivity contribution in [2.24, 2.45) is 10.8 Å². The van der Waals surface area contributed by atoms with Crippen LogP contribution in [0.5, 0.6) is 0 Å². The van der Waals surface area contributed by atoms with Crippen LogP contribution >= 0.6 is 0 Å². The Morgan fingerprint density at radius 2 is 2.36 bits per heavy atom. The van der Waals surface area contributed by atoms with Crippen LogP contribution in [0.15, 0.2) is 35.5 Å². The molecule has 4 nitrogen and oxygen atoms in total. The van der Waals surface area contributed by atoms with E-state index in [-0.39, 0.29) is 0 Å². The Balaban J connectivity index is 2.77. The van der Waals surface area contributed by atoms with Gasteiger partial charge in [0.25, 0.3) is 0 Å². The molecule has 1 aromatic rings. The molecule has 1 aromatic carbocycles. The van der Waals surface area contributed by atoms with Crippen molar-refractivity contribution in [2.45, 2.75) is 6.42 Å². The predicted octanol–water partition coefficient (Wildman–Crippen LogP) is 2.99. The maximum Gasteiger partial charge on any atom is 0.0381 e. The Morgan fingerprint density at radius 3 is 3.07 bits per heavy atom. The number of hydrogen-bond acceptors (Lipinski definition) is 2. The van der Waals surface area contributed by atoms with Crippen LogP contribution in [0.1, 0.15) is 12.0 Å². The van der Waals surface area contributed by atoms with Crippen molar-refractivity contribution in [1.29, 1.82) is 0 Å². The zero-order chi connectivity index (χ0) is 10.2. The Kier molecular flexibility index (Phi) is 4.27. The molecule has 0 fully saturated rings. The van der Waals surface area contributed by atoms with Crippen molar-refractivity contribution < 1.29 is 0 Å². The van der Waals surface area contributed by atoms with E-state index in [1.165, 1.54) is 0 Å². The lowest BCUT2D eigenvalue weighted by molar-refractivity contribution is 1.01. The van der Waals surface area contributed by atoms with Crippen LogP contribution in [-0.4, -0.2) is 6.54 Å². The van der Waals surface area contributed by atoms with Crippen LogP contribution in [0.2, 0.25) is 0 Å². The van der Waals surface area contributed by atoms with Gasteiger partial charge in [-0.15, -0.1) is 0 Å². The van der Waals surface area contributed by atoms with Crippen LogP contribution in [0, 0.1) is 0 Å². The highest BCUT2D eigenvalue weighted by Crippen LogP contribution is 2.15. The summed E-state index contributed by atoms with van der Waals surface area (Å²) in [6, 6.07) is 7.39. The molecule has 1 rings (SSSR count). The highest BCUT2D eigenvalue weighted by atomic mass is 15.1. The average Bonchev–Trinajstić information content (AvgIpc) is 2.19. The summed E-state index contributed by atoms with van der Waals surface area (Å²) in [7, 11) is 0. The van der Waals surface area contributed by atoms with Crippen molar-refractivity contribution >= 4 is 11.8 Å². The summed E-state index contributed by atoms with van der Waals surface area (Å²) in [6.45, 7) is 0.645. The number of benzene rings is 1. The van der Waals surface area contributed by atoms with Crippen LogP contribution in [-0.2, 0) is 0 Å². The number of nitrogens with zero attached hydrogens (tertiary/aromatic N) is 3. The van der Waals surface area contributed by atoms with Gasteiger partial charge in [0.2, 0.25) is 0 Å². The molecule has 2 N–H and O–H groups in total. The Labute approximate surface area is 82.7 Å². The molecular formula is C10H12N4. The highest BCUT2D eigenvalue weighted by molar-refractivity contribution is 5.55. The molecule has 0 spiro atoms. The molecule has 0 aliphatic heterocycles. The van der Waals surface area contributed by atoms with Crippen molar-refractivity contribution in [1.82, 2.24) is 0 Å². The van der Waals surface area contributed by atoms with Crippen LogP contribution in [0.4, 0.5) is 5.69 Å². The molecule has 0 amide bonds. The zero-order valence-corrected chi connectivity index (χ0v) is 7.80. The van der Waals surface area contributed by atoms with Crippen LogP contribution in [0.3, 0.4) is 0 Å². The normalized spacial score (nSPS) is 10.1. The second-order valence-electron chi connectivity index (χ2n) is 2.76. The summed E-state index contributed by atoms with van der Waals surface area (Å²) in [5.41, 5.74) is 15.2. The minimum absolute atomic E-state index is 0.627. The largest absolute Gasteiger partial charge is 0.330 e. The van der Waals surface area contributed by atoms with Crippen LogP contribution in [0.25, 0.3) is 16.5 Å². The second-order valence-corrected chi connectivity index (χ2v) is 2.76. The standard InChI is InChI=1S/C10H12N4/c11-7-2-1-4-9-5-3-6-10(8-9)13-14-12/h1,3-6,8H,2,7,11H2. The molecule has 0 saturated heterocycles. The van der Waals surface area contributed by atoms with E-state index in [1.807, 2.05) is 30.4 Å². The molecule has 0 aliphatic carbocycles. The topological polar surface area (TPSA) is 74.8 Å². The Morgan fingerprint density at radius 1 is 1.50 bits per heavy atom. The van der Waals surface area contributed by atoms with E-state index in [1.54, 1.807) is 6.07 Å². The highest BCUT2D eigenvalue weighted by Gasteiger charge is 1.89. The van der Waals surface area contributed by atoms with Gasteiger partial charge in [0.05, 0.1) is 0 Å². The van der Waals surface area contributed by atoms with Gasteiger partial charge in [0.1, 0.15) is 0 Å². The van der Waals surface area contributed by atoms with Crippen molar-refractivity contribution in [2.75, 3.05) is 6.54 Å². The molecule has 0 saturated carbocycles. The minimum atomic E-state index is 0.627. The second kappa shape index (κ2) is 5.80. The summed E-state index contributed by atoms with van der Waals surface area (Å²) in [5, 5.41) is 3.52. The molecule has 4 heteroatoms. The summed E-state index contributed by atoms with van der Waals surface area (Å²) in [4.78, 5) is 2.72. The van der Waals surface area contributed by atoms with E-state index in [0.29, 0.717) is 12.2 Å². The smallest absolute Gasteiger partial charge is 0.0381 e. The maximum atomic E-state index is 8.25. The Hall–Kier alpha value is -1.77. The lowest BCUT2D eigenvalue weighted by atomic mass is 10.2. The van der Waals surface area contributed by atoms with Crippen molar-refractivity contribution in [3.05, 3.63) is 46.3 Å². The molecule has 0 aromatic heterocycles. The first-order valence-electron chi connectivity index (χ1n) is 4.38. The summed E-state index contributed by atoms with van der Waals surface area (Å²) in [6.07, 6.45) is 4.81. The van der Waals surface area contributed by atoms with Gasteiger partial charge in [-0.1, -0.05) is 35.5 Å². The molecule has 0 atom stereocenters. The molecule has 72 valence electrons. The number of hydrogen-bond donors (Lipinski definition) is 1. The first kappa shape index (κ1) is 10.3. The quantitative estimate of drug-likeness (QED) is 0.440. The van der Waals surface area contributed by atoms with E-state index in [4.69, 9.17) is 11.3 Å². The lowest BCUT2D eigenvalue weighted by Crippen LogP contribution is -1.94. The van der Waals surface area contributed by atoms with Gasteiger partial charge < -0.3 is 5.73 Å². The number of azide groups is 1. The van der Waals surface area contributed by atoms with E-state index in [0.717, 1.165) is 12.0 Å². The minimum Gasteiger partial charge on any atom is -0.330 e. The fourth-order valence-corrected chi connectivity index (χ4v) is 1.06. The number of nitrogens with two attached hydrogens (primary N) is 1. The summed E-state index contributed by atoms with van der Waals surface area (Å²) >= 11 is 0. The molecule has 0 radical (unpaired) electrons. The number of rotatable bonds is 4. The first-order chi connectivity index (χ1) is 6.86. The molecule has 0 heterocycles. The average molecular weight is 188 g/mol. The fourth-order valence-electron chi connectivity index (χ4n) is 1.06. The lowest BCUT2D eigenvalue weighted by Gasteiger charge is -1.94. The van der Waals surface area contributed by atoms with Gasteiger partial charge in [0.15, 0.2) is 0 Å². The van der Waals surface area contributed by atoms with E-state index in [2.05, 4.69) is 10.0 Å². The summed E-state index contributed by atoms with van der Waals surface area (Å²) < 4.78 is 0. The third-order valence-electron chi connectivity index (χ3n) is 1.67. The molecule has 0 unspecified atom stereocenters. The first-order valence-corrected chi connectivity index (χ1v) is 4.38. The van der Waals surface area contributed by atoms with Gasteiger partial charge in [-0.2, -0.15) is 0 Å². The van der Waals surface area contributed by atoms with Gasteiger partial charge in [-0.05, 0) is 30.1 Å².